The lowest BCUT2D eigenvalue weighted by Crippen LogP contribution is -2.22. The molecule has 1 heterocycles. The van der Waals surface area contributed by atoms with Crippen LogP contribution in [0.2, 0.25) is 0 Å². The van der Waals surface area contributed by atoms with Crippen LogP contribution in [0.3, 0.4) is 0 Å². The van der Waals surface area contributed by atoms with Crippen LogP contribution in [0.5, 0.6) is 5.75 Å². The predicted octanol–water partition coefficient (Wildman–Crippen LogP) is 6.10. The Kier molecular flexibility index (Phi) is 7.16. The summed E-state index contributed by atoms with van der Waals surface area (Å²) in [6.07, 6.45) is 1.88. The summed E-state index contributed by atoms with van der Waals surface area (Å²) in [5.74, 6) is 0.652. The molecule has 1 aromatic heterocycles. The second kappa shape index (κ2) is 10.4. The third kappa shape index (κ3) is 5.85. The number of rotatable bonds is 7. The van der Waals surface area contributed by atoms with E-state index in [9.17, 15) is 4.79 Å². The number of amides is 1. The van der Waals surface area contributed by atoms with Gasteiger partial charge in [0, 0.05) is 28.0 Å². The Morgan fingerprint density at radius 3 is 2.64 bits per heavy atom. The Bertz CT molecular complexity index is 1290. The summed E-state index contributed by atoms with van der Waals surface area (Å²) in [6.45, 7) is 1.89. The molecule has 0 fully saturated rings. The molecule has 4 aromatic rings. The molecule has 1 amide bonds. The van der Waals surface area contributed by atoms with Gasteiger partial charge >= 0.3 is 0 Å². The summed E-state index contributed by atoms with van der Waals surface area (Å²) in [6, 6.07) is 23.2. The number of ether oxygens (including phenoxy) is 1. The molecular weight excluding hydrogens is 452 g/mol. The molecule has 0 radical (unpaired) electrons. The number of thioether (sulfide) groups is 1. The van der Waals surface area contributed by atoms with E-state index < -0.39 is 0 Å². The van der Waals surface area contributed by atoms with Crippen LogP contribution in [-0.4, -0.2) is 28.4 Å². The number of aromatic amines is 1. The molecule has 3 aromatic carbocycles. The minimum atomic E-state index is -0.279. The van der Waals surface area contributed by atoms with Gasteiger partial charge in [0.1, 0.15) is 5.75 Å². The number of benzene rings is 3. The Morgan fingerprint density at radius 1 is 0.970 bits per heavy atom. The normalized spacial score (nSPS) is 11.6. The maximum atomic E-state index is 12.7. The van der Waals surface area contributed by atoms with Gasteiger partial charge in [-0.1, -0.05) is 24.3 Å². The monoisotopic (exact) mass is 476 g/mol. The lowest BCUT2D eigenvalue weighted by atomic mass is 10.2. The molecule has 0 saturated heterocycles. The number of hydrogen-bond donors (Lipinski definition) is 4. The van der Waals surface area contributed by atoms with E-state index in [0.717, 1.165) is 32.9 Å². The van der Waals surface area contributed by atoms with Crippen molar-refractivity contribution >= 4 is 63.0 Å². The predicted molar refractivity (Wildman–Crippen MR) is 142 cm³/mol. The lowest BCUT2D eigenvalue weighted by Gasteiger charge is -2.15. The maximum absolute atomic E-state index is 12.7. The number of fused-ring (bicyclic) bond motifs is 1. The minimum Gasteiger partial charge on any atom is -0.495 e. The Labute approximate surface area is 202 Å². The zero-order chi connectivity index (χ0) is 23.2. The highest BCUT2D eigenvalue weighted by Crippen LogP contribution is 2.28. The number of methoxy groups -OCH3 is 1. The summed E-state index contributed by atoms with van der Waals surface area (Å²) in [5, 5.41) is 10.6. The molecule has 8 heteroatoms. The van der Waals surface area contributed by atoms with Crippen LogP contribution >= 0.6 is 24.0 Å². The second-order valence-corrected chi connectivity index (χ2v) is 9.16. The molecule has 0 aliphatic rings. The van der Waals surface area contributed by atoms with Crippen LogP contribution in [0.25, 0.3) is 10.9 Å². The average Bonchev–Trinajstić information content (AvgIpc) is 3.27. The molecule has 33 heavy (non-hydrogen) atoms. The first-order valence-electron chi connectivity index (χ1n) is 10.4. The van der Waals surface area contributed by atoms with Crippen molar-refractivity contribution in [1.82, 2.24) is 4.98 Å². The smallest absolute Gasteiger partial charge is 0.237 e. The number of para-hydroxylation sites is 2. The van der Waals surface area contributed by atoms with Gasteiger partial charge in [0.25, 0.3) is 0 Å². The third-order valence-electron chi connectivity index (χ3n) is 4.95. The third-order valence-corrected chi connectivity index (χ3v) is 6.25. The van der Waals surface area contributed by atoms with Crippen molar-refractivity contribution < 1.29 is 9.53 Å². The Balaban J connectivity index is 1.35. The van der Waals surface area contributed by atoms with Crippen molar-refractivity contribution in [1.29, 1.82) is 0 Å². The first kappa shape index (κ1) is 22.7. The summed E-state index contributed by atoms with van der Waals surface area (Å²) < 4.78 is 5.35. The molecule has 0 aliphatic carbocycles. The number of nitrogens with one attached hydrogen (secondary N) is 4. The van der Waals surface area contributed by atoms with Crippen molar-refractivity contribution in [3.8, 4) is 5.75 Å². The van der Waals surface area contributed by atoms with Crippen LogP contribution in [-0.2, 0) is 4.79 Å². The second-order valence-electron chi connectivity index (χ2n) is 7.34. The van der Waals surface area contributed by atoms with Gasteiger partial charge in [-0.25, -0.2) is 0 Å². The summed E-state index contributed by atoms with van der Waals surface area (Å²) in [4.78, 5) is 16.8. The molecule has 168 valence electrons. The van der Waals surface area contributed by atoms with Crippen molar-refractivity contribution in [3.63, 3.8) is 0 Å². The molecule has 0 bridgehead atoms. The van der Waals surface area contributed by atoms with Gasteiger partial charge in [0.2, 0.25) is 5.91 Å². The molecule has 6 nitrogen and oxygen atoms in total. The molecule has 0 saturated carbocycles. The number of carbonyl (C=O) groups is 1. The van der Waals surface area contributed by atoms with Gasteiger partial charge in [0.15, 0.2) is 5.11 Å². The van der Waals surface area contributed by atoms with Crippen molar-refractivity contribution in [3.05, 3.63) is 79.0 Å². The fraction of sp³-hybridized carbons (Fsp3) is 0.120. The summed E-state index contributed by atoms with van der Waals surface area (Å²) in [7, 11) is 1.62. The van der Waals surface area contributed by atoms with Gasteiger partial charge in [-0.15, -0.1) is 11.8 Å². The standard InChI is InChI=1S/C25H24N4O2S2/c1-16(24(30)27-19-11-10-17-12-13-26-22(17)15-19)33-20-7-5-6-18(14-20)28-25(32)29-21-8-3-4-9-23(21)31-2/h3-16,26H,1-2H3,(H,27,30)(H2,28,29,32). The highest BCUT2D eigenvalue weighted by molar-refractivity contribution is 8.00. The molecule has 0 aliphatic heterocycles. The zero-order valence-electron chi connectivity index (χ0n) is 18.2. The Morgan fingerprint density at radius 2 is 1.79 bits per heavy atom. The van der Waals surface area contributed by atoms with E-state index in [2.05, 4.69) is 20.9 Å². The number of H-pyrrole nitrogens is 1. The molecule has 4 rings (SSSR count). The van der Waals surface area contributed by atoms with E-state index >= 15 is 0 Å². The van der Waals surface area contributed by atoms with E-state index in [0.29, 0.717) is 10.9 Å². The fourth-order valence-electron chi connectivity index (χ4n) is 3.31. The van der Waals surface area contributed by atoms with Crippen molar-refractivity contribution in [2.24, 2.45) is 0 Å². The number of carbonyl (C=O) groups excluding carboxylic acids is 1. The SMILES string of the molecule is COc1ccccc1NC(=S)Nc1cccc(SC(C)C(=O)Nc2ccc3cc[nH]c3c2)c1. The van der Waals surface area contributed by atoms with E-state index in [4.69, 9.17) is 17.0 Å². The number of hydrogen-bond acceptors (Lipinski definition) is 4. The van der Waals surface area contributed by atoms with Gasteiger partial charge in [0.05, 0.1) is 18.0 Å². The quantitative estimate of drug-likeness (QED) is 0.191. The van der Waals surface area contributed by atoms with Crippen LogP contribution in [0.4, 0.5) is 17.1 Å². The highest BCUT2D eigenvalue weighted by atomic mass is 32.2. The molecule has 1 atom stereocenters. The Hall–Kier alpha value is -3.49. The summed E-state index contributed by atoms with van der Waals surface area (Å²) in [5.41, 5.74) is 3.37. The minimum absolute atomic E-state index is 0.0578. The topological polar surface area (TPSA) is 78.2 Å². The molecule has 1 unspecified atom stereocenters. The first-order valence-corrected chi connectivity index (χ1v) is 11.7. The van der Waals surface area contributed by atoms with Gasteiger partial charge in [-0.05, 0) is 73.1 Å². The van der Waals surface area contributed by atoms with Gasteiger partial charge < -0.3 is 25.7 Å². The molecular formula is C25H24N4O2S2. The van der Waals surface area contributed by atoms with E-state index in [1.54, 1.807) is 7.11 Å². The zero-order valence-corrected chi connectivity index (χ0v) is 19.8. The largest absolute Gasteiger partial charge is 0.495 e. The fourth-order valence-corrected chi connectivity index (χ4v) is 4.46. The van der Waals surface area contributed by atoms with Gasteiger partial charge in [-0.2, -0.15) is 0 Å². The van der Waals surface area contributed by atoms with E-state index in [1.807, 2.05) is 85.9 Å². The van der Waals surface area contributed by atoms with Crippen LogP contribution in [0, 0.1) is 0 Å². The van der Waals surface area contributed by atoms with Crippen molar-refractivity contribution in [2.45, 2.75) is 17.1 Å². The van der Waals surface area contributed by atoms with Crippen molar-refractivity contribution in [2.75, 3.05) is 23.1 Å². The molecule has 4 N–H and O–H groups in total. The number of aromatic nitrogens is 1. The van der Waals surface area contributed by atoms with Crippen LogP contribution in [0.15, 0.2) is 83.9 Å². The maximum Gasteiger partial charge on any atom is 0.237 e. The van der Waals surface area contributed by atoms with Gasteiger partial charge in [-0.3, -0.25) is 4.79 Å². The highest BCUT2D eigenvalue weighted by Gasteiger charge is 2.15. The van der Waals surface area contributed by atoms with Crippen LogP contribution in [0.1, 0.15) is 6.92 Å². The first-order chi connectivity index (χ1) is 16.0. The van der Waals surface area contributed by atoms with E-state index in [1.165, 1.54) is 11.8 Å². The average molecular weight is 477 g/mol. The lowest BCUT2D eigenvalue weighted by molar-refractivity contribution is -0.115. The number of thiocarbonyl (C=S) groups is 1. The number of anilines is 3. The molecule has 0 spiro atoms. The summed E-state index contributed by atoms with van der Waals surface area (Å²) >= 11 is 6.93. The van der Waals surface area contributed by atoms with Crippen LogP contribution < -0.4 is 20.7 Å². The van der Waals surface area contributed by atoms with E-state index in [-0.39, 0.29) is 11.2 Å².